The second-order valence-corrected chi connectivity index (χ2v) is 10.6. The number of imidazole rings is 2. The molecule has 6 aromatic carbocycles. The molecule has 0 amide bonds. The Bertz CT molecular complexity index is 2670. The lowest BCUT2D eigenvalue weighted by atomic mass is 9.96. The first-order valence-electron chi connectivity index (χ1n) is 13.2. The maximum Gasteiger partial charge on any atom is 0.264 e. The van der Waals surface area contributed by atoms with E-state index in [4.69, 9.17) is 9.97 Å². The zero-order chi connectivity index (χ0) is 26.3. The van der Waals surface area contributed by atoms with Gasteiger partial charge < -0.3 is 0 Å². The summed E-state index contributed by atoms with van der Waals surface area (Å²) in [4.78, 5) is 38.0. The average Bonchev–Trinajstić information content (AvgIpc) is 3.54. The molecular weight excluding hydrogens is 496 g/mol. The topological polar surface area (TPSA) is 68.7 Å². The predicted molar refractivity (Wildman–Crippen MR) is 161 cm³/mol. The van der Waals surface area contributed by atoms with Crippen LogP contribution < -0.4 is 11.1 Å². The maximum atomic E-state index is 14.1. The molecular formula is C34H16N4O2. The fourth-order valence-electron chi connectivity index (χ4n) is 6.76. The Labute approximate surface area is 223 Å². The van der Waals surface area contributed by atoms with Crippen molar-refractivity contribution in [1.82, 2.24) is 18.8 Å². The van der Waals surface area contributed by atoms with Crippen LogP contribution in [0.4, 0.5) is 0 Å². The van der Waals surface area contributed by atoms with E-state index in [1.54, 1.807) is 8.80 Å². The number of hydrogen-bond donors (Lipinski definition) is 0. The summed E-state index contributed by atoms with van der Waals surface area (Å²) >= 11 is 0. The van der Waals surface area contributed by atoms with Gasteiger partial charge in [-0.1, -0.05) is 48.5 Å². The van der Waals surface area contributed by atoms with Crippen molar-refractivity contribution in [3.63, 3.8) is 0 Å². The van der Waals surface area contributed by atoms with Crippen molar-refractivity contribution in [2.24, 2.45) is 0 Å². The van der Waals surface area contributed by atoms with Gasteiger partial charge in [0.1, 0.15) is 11.3 Å². The van der Waals surface area contributed by atoms with Crippen LogP contribution in [0.5, 0.6) is 0 Å². The summed E-state index contributed by atoms with van der Waals surface area (Å²) in [5.41, 5.74) is 4.02. The molecule has 0 saturated carbocycles. The first-order chi connectivity index (χ1) is 19.7. The fraction of sp³-hybridized carbons (Fsp3) is 0. The molecule has 0 N–H and O–H groups in total. The molecule has 0 saturated heterocycles. The molecule has 0 spiro atoms. The van der Waals surface area contributed by atoms with Crippen LogP contribution in [0.3, 0.4) is 0 Å². The van der Waals surface area contributed by atoms with Crippen LogP contribution in [-0.4, -0.2) is 18.8 Å². The Morgan fingerprint density at radius 1 is 0.450 bits per heavy atom. The Morgan fingerprint density at radius 2 is 0.825 bits per heavy atom. The van der Waals surface area contributed by atoms with Gasteiger partial charge in [-0.2, -0.15) is 0 Å². The molecule has 0 unspecified atom stereocenters. The largest absolute Gasteiger partial charge is 0.268 e. The zero-order valence-corrected chi connectivity index (χ0v) is 20.8. The first kappa shape index (κ1) is 20.4. The van der Waals surface area contributed by atoms with E-state index in [1.807, 2.05) is 84.9 Å². The van der Waals surface area contributed by atoms with Crippen LogP contribution in [0.2, 0.25) is 0 Å². The highest BCUT2D eigenvalue weighted by Gasteiger charge is 2.22. The van der Waals surface area contributed by atoms with Gasteiger partial charge in [0, 0.05) is 32.3 Å². The lowest BCUT2D eigenvalue weighted by molar-refractivity contribution is 1.18. The highest BCUT2D eigenvalue weighted by atomic mass is 16.1. The van der Waals surface area contributed by atoms with Gasteiger partial charge in [0.25, 0.3) is 11.1 Å². The number of hydrogen-bond acceptors (Lipinski definition) is 4. The molecule has 10 rings (SSSR count). The number of fused-ring (bicyclic) bond motifs is 10. The van der Waals surface area contributed by atoms with Crippen LogP contribution in [0.15, 0.2) is 107 Å². The molecule has 184 valence electrons. The van der Waals surface area contributed by atoms with Crippen LogP contribution >= 0.6 is 0 Å². The molecule has 0 aliphatic heterocycles. The van der Waals surface area contributed by atoms with E-state index < -0.39 is 0 Å². The van der Waals surface area contributed by atoms with Crippen molar-refractivity contribution in [3.05, 3.63) is 118 Å². The van der Waals surface area contributed by atoms with Gasteiger partial charge in [-0.05, 0) is 70.1 Å². The lowest BCUT2D eigenvalue weighted by Crippen LogP contribution is -2.16. The van der Waals surface area contributed by atoms with Crippen molar-refractivity contribution < 1.29 is 0 Å². The van der Waals surface area contributed by atoms with Gasteiger partial charge in [-0.3, -0.25) is 18.4 Å². The number of pyridine rings is 2. The molecule has 4 heterocycles. The van der Waals surface area contributed by atoms with Crippen molar-refractivity contribution in [2.45, 2.75) is 0 Å². The smallest absolute Gasteiger partial charge is 0.264 e. The Hall–Kier alpha value is -5.62. The van der Waals surface area contributed by atoms with Crippen LogP contribution in [0, 0.1) is 0 Å². The van der Waals surface area contributed by atoms with Crippen molar-refractivity contribution in [2.75, 3.05) is 0 Å². The highest BCUT2D eigenvalue weighted by molar-refractivity contribution is 6.28. The standard InChI is InChI=1S/C34H16N4O2/c39-33-23-12-10-22-30-24(34(40)38-28-16-20-8-4-2-6-18(20)14-26(28)36-32(22)38)11-9-21(29(23)30)31-35-25-13-17-5-1-3-7-19(17)15-27(25)37(31)33/h1-16H. The van der Waals surface area contributed by atoms with Crippen molar-refractivity contribution in [3.8, 4) is 0 Å². The molecule has 0 fully saturated rings. The average molecular weight is 513 g/mol. The van der Waals surface area contributed by atoms with Gasteiger partial charge in [-0.15, -0.1) is 0 Å². The number of rotatable bonds is 0. The van der Waals surface area contributed by atoms with E-state index >= 15 is 0 Å². The summed E-state index contributed by atoms with van der Waals surface area (Å²) in [6.45, 7) is 0. The maximum absolute atomic E-state index is 14.1. The molecule has 0 radical (unpaired) electrons. The van der Waals surface area contributed by atoms with E-state index in [0.29, 0.717) is 22.1 Å². The summed E-state index contributed by atoms with van der Waals surface area (Å²) < 4.78 is 3.43. The molecule has 0 bridgehead atoms. The third-order valence-corrected chi connectivity index (χ3v) is 8.55. The summed E-state index contributed by atoms with van der Waals surface area (Å²) in [6, 6.07) is 31.9. The van der Waals surface area contributed by atoms with E-state index in [9.17, 15) is 9.59 Å². The lowest BCUT2D eigenvalue weighted by Gasteiger charge is -2.12. The minimum atomic E-state index is -0.137. The molecule has 6 nitrogen and oxygen atoms in total. The summed E-state index contributed by atoms with van der Waals surface area (Å²) in [6.07, 6.45) is 0. The minimum Gasteiger partial charge on any atom is -0.268 e. The number of nitrogens with zero attached hydrogens (tertiary/aromatic N) is 4. The van der Waals surface area contributed by atoms with Gasteiger partial charge in [0.2, 0.25) is 0 Å². The number of aromatic nitrogens is 4. The second-order valence-electron chi connectivity index (χ2n) is 10.6. The molecule has 40 heavy (non-hydrogen) atoms. The molecule has 0 aliphatic rings. The fourth-order valence-corrected chi connectivity index (χ4v) is 6.76. The second kappa shape index (κ2) is 6.68. The predicted octanol–water partition coefficient (Wildman–Crippen LogP) is 6.65. The Balaban J connectivity index is 1.43. The van der Waals surface area contributed by atoms with Gasteiger partial charge in [-0.25, -0.2) is 9.97 Å². The highest BCUT2D eigenvalue weighted by Crippen LogP contribution is 2.37. The van der Waals surface area contributed by atoms with E-state index in [2.05, 4.69) is 12.1 Å². The molecule has 6 heteroatoms. The summed E-state index contributed by atoms with van der Waals surface area (Å²) in [5.74, 6) is 0. The monoisotopic (exact) mass is 512 g/mol. The quantitative estimate of drug-likeness (QED) is 0.213. The van der Waals surface area contributed by atoms with Gasteiger partial charge in [0.05, 0.1) is 22.1 Å². The normalized spacial score (nSPS) is 12.7. The van der Waals surface area contributed by atoms with Crippen molar-refractivity contribution in [1.29, 1.82) is 0 Å². The molecule has 0 aliphatic carbocycles. The first-order valence-corrected chi connectivity index (χ1v) is 13.2. The van der Waals surface area contributed by atoms with E-state index in [1.165, 1.54) is 0 Å². The van der Waals surface area contributed by atoms with Crippen molar-refractivity contribution >= 4 is 87.2 Å². The summed E-state index contributed by atoms with van der Waals surface area (Å²) in [7, 11) is 0. The zero-order valence-electron chi connectivity index (χ0n) is 20.8. The molecule has 4 aromatic heterocycles. The third-order valence-electron chi connectivity index (χ3n) is 8.55. The van der Waals surface area contributed by atoms with Gasteiger partial charge >= 0.3 is 0 Å². The van der Waals surface area contributed by atoms with Crippen LogP contribution in [-0.2, 0) is 0 Å². The van der Waals surface area contributed by atoms with E-state index in [0.717, 1.165) is 65.2 Å². The summed E-state index contributed by atoms with van der Waals surface area (Å²) in [5, 5.41) is 8.62. The Kier molecular flexibility index (Phi) is 3.40. The van der Waals surface area contributed by atoms with Crippen LogP contribution in [0.1, 0.15) is 0 Å². The SMILES string of the molecule is O=c1c2ccc3c4c(ccc(c24)c2nc4cc5ccccc5cc4n12)c(=O)n1c2cc4ccccc4cc2nc31. The third kappa shape index (κ3) is 2.28. The minimum absolute atomic E-state index is 0.137. The number of benzene rings is 6. The van der Waals surface area contributed by atoms with Crippen LogP contribution in [0.25, 0.3) is 87.2 Å². The Morgan fingerprint density at radius 3 is 1.25 bits per heavy atom. The van der Waals surface area contributed by atoms with Gasteiger partial charge in [0.15, 0.2) is 0 Å². The van der Waals surface area contributed by atoms with E-state index in [-0.39, 0.29) is 11.1 Å². The molecule has 10 aromatic rings. The molecule has 0 atom stereocenters.